The van der Waals surface area contributed by atoms with E-state index >= 15 is 0 Å². The third-order valence-electron chi connectivity index (χ3n) is 13.5. The van der Waals surface area contributed by atoms with Crippen LogP contribution in [0.5, 0.6) is 11.5 Å². The van der Waals surface area contributed by atoms with Crippen LogP contribution in [0.25, 0.3) is 0 Å². The fraction of sp³-hybridized carbons (Fsp3) is 0.654. The van der Waals surface area contributed by atoms with Gasteiger partial charge in [-0.2, -0.15) is 0 Å². The number of fused-ring (bicyclic) bond motifs is 1. The molecule has 0 unspecified atom stereocenters. The Morgan fingerprint density at radius 3 is 2.14 bits per heavy atom. The number of ether oxygens (including phenoxy) is 7. The predicted octanol–water partition coefficient (Wildman–Crippen LogP) is 10.4. The number of para-hydroxylation sites is 1. The van der Waals surface area contributed by atoms with Crippen LogP contribution in [0.15, 0.2) is 46.1 Å². The van der Waals surface area contributed by atoms with Gasteiger partial charge in [0.25, 0.3) is 0 Å². The van der Waals surface area contributed by atoms with E-state index in [4.69, 9.17) is 64.1 Å². The number of benzene rings is 2. The first-order valence-corrected chi connectivity index (χ1v) is 32.2. The number of nitro benzene ring substituents is 1. The number of alkyl carbamates (subject to hydrolysis) is 1. The second-order valence-electron chi connectivity index (χ2n) is 22.0. The predicted molar refractivity (Wildman–Crippen MR) is 298 cm³/mol. The molecule has 2 saturated heterocycles. The van der Waals surface area contributed by atoms with Gasteiger partial charge in [-0.05, 0) is 20.8 Å². The van der Waals surface area contributed by atoms with Crippen molar-refractivity contribution in [2.45, 2.75) is 183 Å². The normalized spacial score (nSPS) is 25.2. The van der Waals surface area contributed by atoms with E-state index in [0.29, 0.717) is 13.6 Å². The summed E-state index contributed by atoms with van der Waals surface area (Å²) < 4.78 is 68.3. The van der Waals surface area contributed by atoms with Crippen molar-refractivity contribution in [3.05, 3.63) is 66.8 Å². The molecule has 5 rings (SSSR count). The van der Waals surface area contributed by atoms with Crippen molar-refractivity contribution in [3.8, 4) is 23.8 Å². The molecule has 0 aromatic heterocycles. The number of nitro groups is 1. The molecule has 8 atom stereocenters. The second-order valence-corrected chi connectivity index (χ2v) is 35.0. The summed E-state index contributed by atoms with van der Waals surface area (Å²) >= 11 is 8.96. The zero-order valence-electron chi connectivity index (χ0n) is 45.9. The number of terminal acetylenes is 1. The summed E-state index contributed by atoms with van der Waals surface area (Å²) in [5, 5.41) is 15.1. The number of esters is 1. The van der Waals surface area contributed by atoms with Crippen molar-refractivity contribution in [3.63, 3.8) is 0 Å². The molecule has 0 spiro atoms. The Hall–Kier alpha value is -2.83. The molecule has 22 heteroatoms. The summed E-state index contributed by atoms with van der Waals surface area (Å²) in [6.45, 7) is 26.3. The van der Waals surface area contributed by atoms with Crippen LogP contribution in [-0.2, 0) is 41.4 Å². The number of amides is 1. The Labute approximate surface area is 465 Å². The number of likely N-dealkylation sites (N-methyl/N-ethyl adjacent to an activating group) is 1. The van der Waals surface area contributed by atoms with Gasteiger partial charge in [0.2, 0.25) is 0 Å². The molecule has 2 fully saturated rings. The Kier molecular flexibility index (Phi) is 20.9. The quantitative estimate of drug-likeness (QED) is 0.0251. The molecule has 1 N–H and O–H groups in total. The summed E-state index contributed by atoms with van der Waals surface area (Å²) in [6.07, 6.45) is 3.97. The molecule has 1 amide bonds. The minimum atomic E-state index is -3.26. The standard InChI is InChI=1S/C52H77ClIN3O14SeSi2/c1-19-42(65-44-36(53)24-34(25-39(44)64-29-62-17)37(27-43(58)63-18)55-49(59)68-50(10,11)12)52(28-35(26-41(52)54)72-40-23-21-20-22-38(40)57(60)61)67-48-46-45(47(56(15)16)51(13,14)66-48)69-73(30(2)3,31(4)5)71-74(70-46,32(6)7)33(8)9/h1,20-26,30-33,35,37,42,45-48H,27-29H2,2-18H3,(H,55,59)/t35-,37-,42+,45-,46+,47-,48-,52+/m0/s1. The number of hydrogen-bond acceptors (Lipinski definition) is 15. The van der Waals surface area contributed by atoms with Gasteiger partial charge >= 0.3 is 416 Å². The molecule has 0 bridgehead atoms. The first-order valence-electron chi connectivity index (χ1n) is 24.9. The van der Waals surface area contributed by atoms with Gasteiger partial charge in [-0.3, -0.25) is 4.79 Å². The third kappa shape index (κ3) is 13.5. The molecule has 3 aliphatic rings. The first-order chi connectivity index (χ1) is 34.4. The summed E-state index contributed by atoms with van der Waals surface area (Å²) in [7, 11) is 0.307. The molecular weight excluding hydrogens is 1190 g/mol. The number of allylic oxidation sites excluding steroid dienone is 1. The van der Waals surface area contributed by atoms with Crippen molar-refractivity contribution < 1.29 is 60.6 Å². The SMILES string of the molecule is C#C[C@@H](Oc1c(Cl)cc([C@H](CC(=O)OC)NC(=O)OC(C)(C)C)cc1OCOC)[C@@]1(O[C@@H]2OC(C)(C)[C@@H](N(C)C)[C@H]3O[Si](C(C)C)(C(C)C)O[Si](C(C)C)(C(C)C)O[C@@H]23)C[C@@H]([Se]c2ccccc2[N+](=O)[O-])C=C1I. The van der Waals surface area contributed by atoms with Gasteiger partial charge in [0, 0.05) is 0 Å². The number of carbonyl (C=O) groups excluding carboxylic acids is 2. The van der Waals surface area contributed by atoms with E-state index in [1.54, 1.807) is 45.0 Å². The second kappa shape index (κ2) is 24.9. The van der Waals surface area contributed by atoms with Crippen LogP contribution < -0.4 is 19.3 Å². The average Bonchev–Trinajstić information content (AvgIpc) is 3.48. The molecule has 0 saturated carbocycles. The average molecular weight is 1270 g/mol. The molecule has 2 heterocycles. The van der Waals surface area contributed by atoms with Gasteiger partial charge in [0.1, 0.15) is 5.60 Å². The minimum absolute atomic E-state index is 0.0115. The number of hydrogen-bond donors (Lipinski definition) is 1. The van der Waals surface area contributed by atoms with Crippen molar-refractivity contribution in [1.82, 2.24) is 10.2 Å². The molecule has 2 aliphatic heterocycles. The van der Waals surface area contributed by atoms with Gasteiger partial charge in [0.05, 0.1) is 7.11 Å². The van der Waals surface area contributed by atoms with Gasteiger partial charge in [-0.1, -0.05) is 0 Å². The Morgan fingerprint density at radius 2 is 1.61 bits per heavy atom. The van der Waals surface area contributed by atoms with E-state index < -0.39 is 91.6 Å². The first kappa shape index (κ1) is 62.0. The zero-order chi connectivity index (χ0) is 55.5. The summed E-state index contributed by atoms with van der Waals surface area (Å²) in [5.41, 5.74) is -2.84. The number of rotatable bonds is 20. The molecular formula is C52H77ClIN3O14SeSi2. The van der Waals surface area contributed by atoms with Crippen molar-refractivity contribution in [1.29, 1.82) is 0 Å². The van der Waals surface area contributed by atoms with Crippen LogP contribution >= 0.6 is 34.2 Å². The number of halogens is 2. The van der Waals surface area contributed by atoms with E-state index in [2.05, 4.69) is 94.1 Å². The summed E-state index contributed by atoms with van der Waals surface area (Å²) in [5.74, 6) is 2.37. The Bertz CT molecular complexity index is 2380. The fourth-order valence-electron chi connectivity index (χ4n) is 10.3. The maximum absolute atomic E-state index is 13.2. The van der Waals surface area contributed by atoms with Crippen molar-refractivity contribution in [2.75, 3.05) is 35.1 Å². The Morgan fingerprint density at radius 1 is 1.01 bits per heavy atom. The number of nitrogens with one attached hydrogen (secondary N) is 1. The number of carbonyl (C=O) groups is 2. The number of nitrogens with zero attached hydrogens (tertiary/aromatic N) is 2. The van der Waals surface area contributed by atoms with Crippen LogP contribution in [0.1, 0.15) is 114 Å². The number of methoxy groups -OCH3 is 2. The van der Waals surface area contributed by atoms with Crippen LogP contribution in [-0.4, -0.2) is 137 Å². The van der Waals surface area contributed by atoms with Crippen LogP contribution in [0.2, 0.25) is 32.0 Å². The van der Waals surface area contributed by atoms with E-state index in [9.17, 15) is 19.7 Å². The van der Waals surface area contributed by atoms with Crippen molar-refractivity contribution in [2.24, 2.45) is 0 Å². The van der Waals surface area contributed by atoms with Crippen molar-refractivity contribution >= 4 is 88.5 Å². The molecule has 1 aliphatic carbocycles. The van der Waals surface area contributed by atoms with E-state index in [1.807, 2.05) is 34.0 Å². The molecule has 412 valence electrons. The van der Waals surface area contributed by atoms with Gasteiger partial charge < -0.3 is 9.47 Å². The molecule has 74 heavy (non-hydrogen) atoms. The van der Waals surface area contributed by atoms with E-state index in [1.165, 1.54) is 26.4 Å². The Balaban J connectivity index is 1.74. The molecule has 2 aromatic carbocycles. The summed E-state index contributed by atoms with van der Waals surface area (Å²) in [4.78, 5) is 39.8. The zero-order valence-corrected chi connectivity index (χ0v) is 52.5. The van der Waals surface area contributed by atoms with Crippen LogP contribution in [0, 0.1) is 22.5 Å². The van der Waals surface area contributed by atoms with Crippen LogP contribution in [0.4, 0.5) is 10.5 Å². The topological polar surface area (TPSA) is 185 Å². The van der Waals surface area contributed by atoms with Gasteiger partial charge in [0.15, 0.2) is 0 Å². The molecule has 2 aromatic rings. The molecule has 0 radical (unpaired) electrons. The monoisotopic (exact) mass is 1270 g/mol. The van der Waals surface area contributed by atoms with Gasteiger partial charge in [-0.15, -0.1) is 0 Å². The fourth-order valence-corrected chi connectivity index (χ4v) is 26.1. The molecule has 17 nitrogen and oxygen atoms in total. The maximum atomic E-state index is 13.2. The van der Waals surface area contributed by atoms with E-state index in [-0.39, 0.29) is 79.8 Å². The summed E-state index contributed by atoms with van der Waals surface area (Å²) in [6, 6.07) is 8.50. The van der Waals surface area contributed by atoms with E-state index in [0.717, 1.165) is 0 Å². The van der Waals surface area contributed by atoms with Gasteiger partial charge in [-0.25, -0.2) is 4.79 Å². The third-order valence-corrected chi connectivity index (χ3v) is 27.9. The van der Waals surface area contributed by atoms with Crippen LogP contribution in [0.3, 0.4) is 0 Å².